The van der Waals surface area contributed by atoms with Crippen molar-refractivity contribution in [2.75, 3.05) is 13.2 Å². The Bertz CT molecular complexity index is 1470. The summed E-state index contributed by atoms with van der Waals surface area (Å²) in [6.07, 6.45) is 31.6. The molecule has 348 valence electrons. The van der Waals surface area contributed by atoms with Crippen molar-refractivity contribution in [3.8, 4) is 0 Å². The Hall–Kier alpha value is -3.24. The normalized spacial score (nSPS) is 14.5. The molecule has 0 heterocycles. The van der Waals surface area contributed by atoms with Crippen molar-refractivity contribution >= 4 is 0 Å². The van der Waals surface area contributed by atoms with Gasteiger partial charge >= 0.3 is 0 Å². The highest BCUT2D eigenvalue weighted by Gasteiger charge is 2.31. The fourth-order valence-corrected chi connectivity index (χ4v) is 10.1. The standard InChI is InChI=1S/C60H90O3/c1-3-5-7-9-11-13-15-17-19-21-35-45-55(51-37-27-23-28-38-51)59(61)57(53-41-31-25-32-42-53)47-49-63-50-48-58(54-43-33-26-34-44-54)60(62)56(52-39-29-24-30-40-52)46-36-22-20-18-16-14-12-10-8-6-4-2/h23-34,37-44,55-62H,3-22,35-36,45-50H2,1-2H3. The van der Waals surface area contributed by atoms with Crippen molar-refractivity contribution in [1.82, 2.24) is 0 Å². The summed E-state index contributed by atoms with van der Waals surface area (Å²) in [7, 11) is 0. The number of hydrogen-bond donors (Lipinski definition) is 2. The molecule has 6 atom stereocenters. The van der Waals surface area contributed by atoms with Crippen molar-refractivity contribution in [1.29, 1.82) is 0 Å². The predicted octanol–water partition coefficient (Wildman–Crippen LogP) is 17.0. The number of aliphatic hydroxyl groups is 2. The van der Waals surface area contributed by atoms with Crippen LogP contribution in [0.15, 0.2) is 121 Å². The maximum Gasteiger partial charge on any atom is 0.0677 e. The lowest BCUT2D eigenvalue weighted by molar-refractivity contribution is 0.0580. The highest BCUT2D eigenvalue weighted by atomic mass is 16.5. The van der Waals surface area contributed by atoms with Gasteiger partial charge in [0.05, 0.1) is 12.2 Å². The monoisotopic (exact) mass is 859 g/mol. The highest BCUT2D eigenvalue weighted by molar-refractivity contribution is 5.28. The molecule has 63 heavy (non-hydrogen) atoms. The predicted molar refractivity (Wildman–Crippen MR) is 271 cm³/mol. The van der Waals surface area contributed by atoms with Gasteiger partial charge in [0.25, 0.3) is 0 Å². The summed E-state index contributed by atoms with van der Waals surface area (Å²) in [4.78, 5) is 0. The Balaban J connectivity index is 1.34. The van der Waals surface area contributed by atoms with Crippen LogP contribution in [0.4, 0.5) is 0 Å². The third-order valence-electron chi connectivity index (χ3n) is 13.9. The van der Waals surface area contributed by atoms with Gasteiger partial charge in [0.2, 0.25) is 0 Å². The SMILES string of the molecule is CCCCCCCCCCCCCC(c1ccccc1)C(O)C(CCOCCC(c1ccccc1)C(O)C(CCCCCCCCCCCCC)c1ccccc1)c1ccccc1. The van der Waals surface area contributed by atoms with Gasteiger partial charge in [-0.1, -0.05) is 276 Å². The van der Waals surface area contributed by atoms with Crippen molar-refractivity contribution in [3.05, 3.63) is 144 Å². The molecule has 4 aromatic carbocycles. The van der Waals surface area contributed by atoms with E-state index >= 15 is 0 Å². The Morgan fingerprint density at radius 1 is 0.302 bits per heavy atom. The first-order valence-electron chi connectivity index (χ1n) is 26.3. The first-order valence-corrected chi connectivity index (χ1v) is 26.3. The molecular weight excluding hydrogens is 769 g/mol. The van der Waals surface area contributed by atoms with Gasteiger partial charge in [0, 0.05) is 36.9 Å². The topological polar surface area (TPSA) is 49.7 Å². The second kappa shape index (κ2) is 34.2. The average molecular weight is 859 g/mol. The molecule has 0 amide bonds. The molecule has 0 aliphatic heterocycles. The molecule has 0 aliphatic rings. The second-order valence-corrected chi connectivity index (χ2v) is 18.9. The fourth-order valence-electron chi connectivity index (χ4n) is 10.1. The number of hydrogen-bond acceptors (Lipinski definition) is 3. The summed E-state index contributed by atoms with van der Waals surface area (Å²) < 4.78 is 6.53. The largest absolute Gasteiger partial charge is 0.392 e. The molecular formula is C60H90O3. The Morgan fingerprint density at radius 3 is 0.778 bits per heavy atom. The summed E-state index contributed by atoms with van der Waals surface area (Å²) >= 11 is 0. The van der Waals surface area contributed by atoms with E-state index in [9.17, 15) is 10.2 Å². The molecule has 0 radical (unpaired) electrons. The molecule has 4 rings (SSSR count). The summed E-state index contributed by atoms with van der Waals surface area (Å²) in [5, 5.41) is 24.7. The first-order chi connectivity index (χ1) is 31.1. The van der Waals surface area contributed by atoms with Crippen LogP contribution in [-0.2, 0) is 4.74 Å². The van der Waals surface area contributed by atoms with Gasteiger partial charge in [-0.05, 0) is 47.9 Å². The van der Waals surface area contributed by atoms with Gasteiger partial charge in [0.1, 0.15) is 0 Å². The van der Waals surface area contributed by atoms with Crippen LogP contribution in [0.25, 0.3) is 0 Å². The molecule has 0 spiro atoms. The van der Waals surface area contributed by atoms with Gasteiger partial charge in [-0.15, -0.1) is 0 Å². The van der Waals surface area contributed by atoms with E-state index in [1.54, 1.807) is 0 Å². The van der Waals surface area contributed by atoms with Crippen LogP contribution in [0.5, 0.6) is 0 Å². The molecule has 2 N–H and O–H groups in total. The lowest BCUT2D eigenvalue weighted by Gasteiger charge is -2.32. The molecule has 0 saturated heterocycles. The van der Waals surface area contributed by atoms with E-state index < -0.39 is 12.2 Å². The van der Waals surface area contributed by atoms with Gasteiger partial charge in [-0.25, -0.2) is 0 Å². The minimum absolute atomic E-state index is 0.0344. The van der Waals surface area contributed by atoms with E-state index in [-0.39, 0.29) is 23.7 Å². The van der Waals surface area contributed by atoms with E-state index in [0.717, 1.165) is 38.5 Å². The first kappa shape index (κ1) is 52.4. The Kier molecular flexibility index (Phi) is 28.4. The van der Waals surface area contributed by atoms with Crippen LogP contribution >= 0.6 is 0 Å². The fraction of sp³-hybridized carbons (Fsp3) is 0.600. The lowest BCUT2D eigenvalue weighted by atomic mass is 9.78. The van der Waals surface area contributed by atoms with Crippen LogP contribution in [0.3, 0.4) is 0 Å². The number of benzene rings is 4. The second-order valence-electron chi connectivity index (χ2n) is 18.9. The molecule has 4 aromatic rings. The van der Waals surface area contributed by atoms with Crippen LogP contribution in [0.2, 0.25) is 0 Å². The zero-order valence-electron chi connectivity index (χ0n) is 40.1. The van der Waals surface area contributed by atoms with E-state index in [4.69, 9.17) is 4.74 Å². The number of rotatable bonds is 38. The Labute approximate surface area is 386 Å². The quantitative estimate of drug-likeness (QED) is 0.0442. The van der Waals surface area contributed by atoms with Crippen molar-refractivity contribution in [3.63, 3.8) is 0 Å². The van der Waals surface area contributed by atoms with E-state index in [1.807, 2.05) is 0 Å². The third-order valence-corrected chi connectivity index (χ3v) is 13.9. The van der Waals surface area contributed by atoms with Gasteiger partial charge < -0.3 is 14.9 Å². The summed E-state index contributed by atoms with van der Waals surface area (Å²) in [5.74, 6) is 0.0754. The van der Waals surface area contributed by atoms with E-state index in [0.29, 0.717) is 13.2 Å². The molecule has 0 aliphatic carbocycles. The van der Waals surface area contributed by atoms with Gasteiger partial charge in [-0.3, -0.25) is 0 Å². The van der Waals surface area contributed by atoms with Crippen LogP contribution in [0, 0.1) is 0 Å². The van der Waals surface area contributed by atoms with Gasteiger partial charge in [-0.2, -0.15) is 0 Å². The van der Waals surface area contributed by atoms with Crippen LogP contribution in [0.1, 0.15) is 227 Å². The number of ether oxygens (including phenoxy) is 1. The molecule has 0 bridgehead atoms. The summed E-state index contributed by atoms with van der Waals surface area (Å²) in [6, 6.07) is 42.7. The van der Waals surface area contributed by atoms with E-state index in [1.165, 1.54) is 151 Å². The maximum atomic E-state index is 12.4. The zero-order valence-corrected chi connectivity index (χ0v) is 40.1. The molecule has 3 heteroatoms. The molecule has 3 nitrogen and oxygen atoms in total. The van der Waals surface area contributed by atoms with Crippen molar-refractivity contribution in [2.24, 2.45) is 0 Å². The number of unbranched alkanes of at least 4 members (excludes halogenated alkanes) is 20. The van der Waals surface area contributed by atoms with Crippen molar-refractivity contribution < 1.29 is 14.9 Å². The smallest absolute Gasteiger partial charge is 0.0677 e. The molecule has 6 unspecified atom stereocenters. The highest BCUT2D eigenvalue weighted by Crippen LogP contribution is 2.38. The van der Waals surface area contributed by atoms with Gasteiger partial charge in [0.15, 0.2) is 0 Å². The van der Waals surface area contributed by atoms with Crippen molar-refractivity contribution in [2.45, 2.75) is 217 Å². The average Bonchev–Trinajstić information content (AvgIpc) is 3.33. The summed E-state index contributed by atoms with van der Waals surface area (Å²) in [5.41, 5.74) is 4.83. The summed E-state index contributed by atoms with van der Waals surface area (Å²) in [6.45, 7) is 5.70. The minimum Gasteiger partial charge on any atom is -0.392 e. The zero-order chi connectivity index (χ0) is 44.4. The maximum absolute atomic E-state index is 12.4. The molecule has 0 fully saturated rings. The van der Waals surface area contributed by atoms with Crippen LogP contribution < -0.4 is 0 Å². The molecule has 0 aromatic heterocycles. The molecule has 0 saturated carbocycles. The minimum atomic E-state index is -0.511. The lowest BCUT2D eigenvalue weighted by Crippen LogP contribution is -2.29. The number of aliphatic hydroxyl groups excluding tert-OH is 2. The third kappa shape index (κ3) is 21.1. The van der Waals surface area contributed by atoms with Crippen LogP contribution in [-0.4, -0.2) is 35.6 Å². The van der Waals surface area contributed by atoms with E-state index in [2.05, 4.69) is 135 Å². The Morgan fingerprint density at radius 2 is 0.524 bits per heavy atom.